The van der Waals surface area contributed by atoms with Gasteiger partial charge < -0.3 is 9.72 Å². The van der Waals surface area contributed by atoms with E-state index in [1.54, 1.807) is 30.5 Å². The van der Waals surface area contributed by atoms with E-state index in [1.165, 1.54) is 4.90 Å². The Kier molecular flexibility index (Phi) is 3.96. The van der Waals surface area contributed by atoms with E-state index in [0.29, 0.717) is 23.4 Å². The van der Waals surface area contributed by atoms with Gasteiger partial charge in [0.15, 0.2) is 5.82 Å². The molecule has 26 heavy (non-hydrogen) atoms. The van der Waals surface area contributed by atoms with Gasteiger partial charge in [-0.25, -0.2) is 4.98 Å². The fraction of sp³-hybridized carbons (Fsp3) is 0.158. The van der Waals surface area contributed by atoms with Gasteiger partial charge in [-0.2, -0.15) is 0 Å². The van der Waals surface area contributed by atoms with Gasteiger partial charge in [-0.15, -0.1) is 0 Å². The lowest BCUT2D eigenvalue weighted by molar-refractivity contribution is -0.116. The standard InChI is InChI=1S/C19H16N4O3/c24-17(21-15-12-22-10-4-3-8-16(22)20-15)9-5-11-23-18(25)13-6-1-2-7-14(13)19(23)26/h1-4,6-8,10,12H,5,9,11H2,(H,21,24). The van der Waals surface area contributed by atoms with Crippen LogP contribution in [0.5, 0.6) is 0 Å². The first-order chi connectivity index (χ1) is 12.6. The zero-order chi connectivity index (χ0) is 18.1. The van der Waals surface area contributed by atoms with Crippen LogP contribution in [0.3, 0.4) is 0 Å². The fourth-order valence-electron chi connectivity index (χ4n) is 3.04. The molecule has 0 bridgehead atoms. The minimum atomic E-state index is -0.300. The Morgan fingerprint density at radius 3 is 2.38 bits per heavy atom. The summed E-state index contributed by atoms with van der Waals surface area (Å²) in [5.41, 5.74) is 1.59. The topological polar surface area (TPSA) is 83.8 Å². The Bertz CT molecular complexity index is 956. The van der Waals surface area contributed by atoms with Crippen LogP contribution in [0.4, 0.5) is 5.82 Å². The number of amides is 3. The van der Waals surface area contributed by atoms with Gasteiger partial charge in [-0.3, -0.25) is 19.3 Å². The molecule has 130 valence electrons. The summed E-state index contributed by atoms with van der Waals surface area (Å²) in [6, 6.07) is 12.3. The molecular formula is C19H16N4O3. The first-order valence-corrected chi connectivity index (χ1v) is 8.32. The van der Waals surface area contributed by atoms with E-state index < -0.39 is 0 Å². The summed E-state index contributed by atoms with van der Waals surface area (Å²) in [4.78, 5) is 42.1. The zero-order valence-corrected chi connectivity index (χ0v) is 13.9. The summed E-state index contributed by atoms with van der Waals surface area (Å²) in [6.07, 6.45) is 4.17. The number of pyridine rings is 1. The van der Waals surface area contributed by atoms with E-state index in [-0.39, 0.29) is 30.7 Å². The van der Waals surface area contributed by atoms with Crippen LogP contribution in [0.1, 0.15) is 33.6 Å². The molecule has 3 heterocycles. The molecule has 0 atom stereocenters. The van der Waals surface area contributed by atoms with Crippen molar-refractivity contribution in [1.82, 2.24) is 14.3 Å². The van der Waals surface area contributed by atoms with Crippen molar-refractivity contribution in [1.29, 1.82) is 0 Å². The molecule has 7 nitrogen and oxygen atoms in total. The minimum absolute atomic E-state index is 0.196. The molecule has 2 aromatic heterocycles. The number of hydrogen-bond donors (Lipinski definition) is 1. The molecule has 0 fully saturated rings. The molecule has 1 N–H and O–H groups in total. The summed E-state index contributed by atoms with van der Waals surface area (Å²) >= 11 is 0. The maximum atomic E-state index is 12.3. The highest BCUT2D eigenvalue weighted by Gasteiger charge is 2.34. The molecule has 4 rings (SSSR count). The first-order valence-electron chi connectivity index (χ1n) is 8.32. The van der Waals surface area contributed by atoms with Crippen molar-refractivity contribution < 1.29 is 14.4 Å². The van der Waals surface area contributed by atoms with Crippen molar-refractivity contribution in [2.75, 3.05) is 11.9 Å². The molecule has 0 saturated heterocycles. The first kappa shape index (κ1) is 16.0. The number of rotatable bonds is 5. The van der Waals surface area contributed by atoms with Crippen molar-refractivity contribution in [2.45, 2.75) is 12.8 Å². The maximum Gasteiger partial charge on any atom is 0.261 e. The molecule has 0 radical (unpaired) electrons. The van der Waals surface area contributed by atoms with E-state index in [2.05, 4.69) is 10.3 Å². The number of fused-ring (bicyclic) bond motifs is 2. The predicted molar refractivity (Wildman–Crippen MR) is 94.9 cm³/mol. The monoisotopic (exact) mass is 348 g/mol. The van der Waals surface area contributed by atoms with Gasteiger partial charge in [0, 0.05) is 19.2 Å². The highest BCUT2D eigenvalue weighted by molar-refractivity contribution is 6.21. The number of nitrogens with zero attached hydrogens (tertiary/aromatic N) is 3. The van der Waals surface area contributed by atoms with Crippen LogP contribution < -0.4 is 5.32 Å². The third-order valence-electron chi connectivity index (χ3n) is 4.30. The Balaban J connectivity index is 1.33. The number of imide groups is 1. The number of hydrogen-bond acceptors (Lipinski definition) is 4. The van der Waals surface area contributed by atoms with Crippen LogP contribution >= 0.6 is 0 Å². The predicted octanol–water partition coefficient (Wildman–Crippen LogP) is 2.35. The van der Waals surface area contributed by atoms with E-state index >= 15 is 0 Å². The summed E-state index contributed by atoms with van der Waals surface area (Å²) in [6.45, 7) is 0.213. The summed E-state index contributed by atoms with van der Waals surface area (Å²) in [5.74, 6) is -0.329. The number of imidazole rings is 1. The quantitative estimate of drug-likeness (QED) is 0.718. The van der Waals surface area contributed by atoms with Crippen LogP contribution in [0.25, 0.3) is 5.65 Å². The molecule has 3 amide bonds. The molecule has 1 aromatic carbocycles. The van der Waals surface area contributed by atoms with Gasteiger partial charge in [0.1, 0.15) is 5.65 Å². The van der Waals surface area contributed by atoms with E-state index in [4.69, 9.17) is 0 Å². The van der Waals surface area contributed by atoms with Gasteiger partial charge in [-0.05, 0) is 30.7 Å². The second-order valence-corrected chi connectivity index (χ2v) is 6.05. The summed E-state index contributed by atoms with van der Waals surface area (Å²) in [5, 5.41) is 2.74. The van der Waals surface area contributed by atoms with Crippen LogP contribution in [-0.2, 0) is 4.79 Å². The second kappa shape index (κ2) is 6.44. The molecule has 0 aliphatic carbocycles. The van der Waals surface area contributed by atoms with Gasteiger partial charge in [-0.1, -0.05) is 18.2 Å². The summed E-state index contributed by atoms with van der Waals surface area (Å²) < 4.78 is 1.81. The highest BCUT2D eigenvalue weighted by atomic mass is 16.2. The van der Waals surface area contributed by atoms with Gasteiger partial charge in [0.2, 0.25) is 5.91 Å². The number of anilines is 1. The normalized spacial score (nSPS) is 13.3. The lowest BCUT2D eigenvalue weighted by Gasteiger charge is -2.13. The Hall–Kier alpha value is -3.48. The van der Waals surface area contributed by atoms with Crippen LogP contribution in [0, 0.1) is 0 Å². The summed E-state index contributed by atoms with van der Waals surface area (Å²) in [7, 11) is 0. The Morgan fingerprint density at radius 2 is 1.69 bits per heavy atom. The van der Waals surface area contributed by atoms with Gasteiger partial charge >= 0.3 is 0 Å². The highest BCUT2D eigenvalue weighted by Crippen LogP contribution is 2.22. The SMILES string of the molecule is O=C(CCCN1C(=O)c2ccccc2C1=O)Nc1cn2ccccc2n1. The average Bonchev–Trinajstić information content (AvgIpc) is 3.15. The van der Waals surface area contributed by atoms with Gasteiger partial charge in [0.05, 0.1) is 17.3 Å². The molecule has 7 heteroatoms. The number of aromatic nitrogens is 2. The Morgan fingerprint density at radius 1 is 1.00 bits per heavy atom. The van der Waals surface area contributed by atoms with Crippen molar-refractivity contribution in [3.05, 3.63) is 66.0 Å². The maximum absolute atomic E-state index is 12.3. The molecular weight excluding hydrogens is 332 g/mol. The number of carbonyl (C=O) groups is 3. The number of nitrogens with one attached hydrogen (secondary N) is 1. The molecule has 1 aliphatic rings. The third-order valence-corrected chi connectivity index (χ3v) is 4.30. The van der Waals surface area contributed by atoms with Crippen molar-refractivity contribution >= 4 is 29.2 Å². The third kappa shape index (κ3) is 2.83. The fourth-order valence-corrected chi connectivity index (χ4v) is 3.04. The van der Waals surface area contributed by atoms with Crippen LogP contribution in [-0.4, -0.2) is 38.6 Å². The number of carbonyl (C=O) groups excluding carboxylic acids is 3. The van der Waals surface area contributed by atoms with Crippen molar-refractivity contribution in [3.63, 3.8) is 0 Å². The smallest absolute Gasteiger partial charge is 0.261 e. The molecule has 0 saturated carbocycles. The zero-order valence-electron chi connectivity index (χ0n) is 13.9. The van der Waals surface area contributed by atoms with Crippen molar-refractivity contribution in [2.24, 2.45) is 0 Å². The lowest BCUT2D eigenvalue weighted by atomic mass is 10.1. The van der Waals surface area contributed by atoms with Crippen LogP contribution in [0.15, 0.2) is 54.9 Å². The van der Waals surface area contributed by atoms with Gasteiger partial charge in [0.25, 0.3) is 11.8 Å². The molecule has 3 aromatic rings. The van der Waals surface area contributed by atoms with E-state index in [1.807, 2.05) is 28.8 Å². The minimum Gasteiger partial charge on any atom is -0.309 e. The molecule has 0 unspecified atom stereocenters. The molecule has 1 aliphatic heterocycles. The average molecular weight is 348 g/mol. The van der Waals surface area contributed by atoms with Crippen LogP contribution in [0.2, 0.25) is 0 Å². The van der Waals surface area contributed by atoms with E-state index in [0.717, 1.165) is 5.65 Å². The second-order valence-electron chi connectivity index (χ2n) is 6.05. The Labute approximate surface area is 149 Å². The van der Waals surface area contributed by atoms with Crippen molar-refractivity contribution in [3.8, 4) is 0 Å². The number of benzene rings is 1. The lowest BCUT2D eigenvalue weighted by Crippen LogP contribution is -2.31. The van der Waals surface area contributed by atoms with E-state index in [9.17, 15) is 14.4 Å². The largest absolute Gasteiger partial charge is 0.309 e. The molecule has 0 spiro atoms.